The third-order valence-corrected chi connectivity index (χ3v) is 3.91. The van der Waals surface area contributed by atoms with Gasteiger partial charge in [-0.15, -0.1) is 0 Å². The Bertz CT molecular complexity index is 779. The largest absolute Gasteiger partial charge is 0.503 e. The van der Waals surface area contributed by atoms with Crippen molar-refractivity contribution < 1.29 is 24.1 Å². The second kappa shape index (κ2) is 8.65. The molecule has 0 unspecified atom stereocenters. The maximum absolute atomic E-state index is 11.4. The van der Waals surface area contributed by atoms with E-state index in [4.69, 9.17) is 37.4 Å². The van der Waals surface area contributed by atoms with Crippen LogP contribution >= 0.6 is 23.2 Å². The average molecular weight is 383 g/mol. The molecular formula is C18H16Cl2O5. The Labute approximate surface area is 155 Å². The van der Waals surface area contributed by atoms with Crippen LogP contribution in [0.3, 0.4) is 0 Å². The summed E-state index contributed by atoms with van der Waals surface area (Å²) in [4.78, 5) is 11.4. The molecule has 0 saturated carbocycles. The van der Waals surface area contributed by atoms with Gasteiger partial charge < -0.3 is 19.3 Å². The number of carbonyl (C=O) groups is 1. The normalized spacial score (nSPS) is 11.1. The number of rotatable bonds is 7. The zero-order valence-corrected chi connectivity index (χ0v) is 15.1. The molecule has 2 aromatic carbocycles. The predicted octanol–water partition coefficient (Wildman–Crippen LogP) is 4.65. The maximum atomic E-state index is 11.4. The number of methoxy groups -OCH3 is 2. The van der Waals surface area contributed by atoms with E-state index in [2.05, 4.69) is 0 Å². The minimum atomic E-state index is -1.09. The molecule has 7 heteroatoms. The molecule has 5 nitrogen and oxygen atoms in total. The van der Waals surface area contributed by atoms with Crippen LogP contribution in [0.15, 0.2) is 42.7 Å². The Hall–Kier alpha value is -2.37. The summed E-state index contributed by atoms with van der Waals surface area (Å²) in [5, 5.41) is 10.0. The van der Waals surface area contributed by atoms with Gasteiger partial charge in [0.15, 0.2) is 5.75 Å². The van der Waals surface area contributed by atoms with E-state index >= 15 is 0 Å². The van der Waals surface area contributed by atoms with Crippen molar-refractivity contribution in [3.05, 3.63) is 63.8 Å². The van der Waals surface area contributed by atoms with E-state index in [1.165, 1.54) is 20.5 Å². The van der Waals surface area contributed by atoms with E-state index in [0.717, 1.165) is 0 Å². The number of aliphatic carboxylic acids is 1. The predicted molar refractivity (Wildman–Crippen MR) is 96.4 cm³/mol. The lowest BCUT2D eigenvalue weighted by Crippen LogP contribution is -2.06. The molecule has 0 heterocycles. The number of ether oxygens (including phenoxy) is 3. The molecule has 0 aliphatic heterocycles. The van der Waals surface area contributed by atoms with E-state index in [9.17, 15) is 9.90 Å². The summed E-state index contributed by atoms with van der Waals surface area (Å²) in [6.45, 7) is 0.128. The first-order chi connectivity index (χ1) is 12.0. The van der Waals surface area contributed by atoms with Crippen LogP contribution in [0, 0.1) is 0 Å². The van der Waals surface area contributed by atoms with Gasteiger partial charge in [0.25, 0.3) is 0 Å². The molecule has 0 spiro atoms. The minimum Gasteiger partial charge on any atom is -0.503 e. The minimum absolute atomic E-state index is 0.0347. The maximum Gasteiger partial charge on any atom is 0.339 e. The highest BCUT2D eigenvalue weighted by molar-refractivity contribution is 6.37. The number of benzene rings is 2. The first-order valence-electron chi connectivity index (χ1n) is 7.18. The Balaban J connectivity index is 2.28. The summed E-state index contributed by atoms with van der Waals surface area (Å²) in [6, 6.07) is 10.2. The molecule has 0 radical (unpaired) electrons. The first-order valence-corrected chi connectivity index (χ1v) is 7.94. The van der Waals surface area contributed by atoms with Gasteiger partial charge in [0.1, 0.15) is 17.9 Å². The fourth-order valence-electron chi connectivity index (χ4n) is 2.23. The van der Waals surface area contributed by atoms with Crippen LogP contribution in [0.2, 0.25) is 10.0 Å². The molecule has 0 bridgehead atoms. The molecule has 2 rings (SSSR count). The summed E-state index contributed by atoms with van der Waals surface area (Å²) in [7, 11) is 2.86. The standard InChI is InChI=1S/C18H16Cl2O5/c1-23-10-14(18(21)22)13-6-4-3-5-11(13)9-25-12-7-15(19)17(24-2)16(20)8-12/h3-8,10H,9H2,1-2H3,(H,21,22). The highest BCUT2D eigenvalue weighted by atomic mass is 35.5. The third kappa shape index (κ3) is 4.59. The fourth-order valence-corrected chi connectivity index (χ4v) is 2.85. The van der Waals surface area contributed by atoms with Crippen molar-refractivity contribution in [3.63, 3.8) is 0 Å². The van der Waals surface area contributed by atoms with Gasteiger partial charge in [-0.1, -0.05) is 47.5 Å². The summed E-state index contributed by atoms with van der Waals surface area (Å²) in [5.41, 5.74) is 1.21. The van der Waals surface area contributed by atoms with Crippen LogP contribution in [0.1, 0.15) is 11.1 Å². The van der Waals surface area contributed by atoms with Crippen molar-refractivity contribution in [2.24, 2.45) is 0 Å². The molecule has 0 fully saturated rings. The number of halogens is 2. The van der Waals surface area contributed by atoms with E-state index in [-0.39, 0.29) is 12.2 Å². The van der Waals surface area contributed by atoms with Crippen LogP contribution in [-0.4, -0.2) is 25.3 Å². The SMILES string of the molecule is COC=C(C(=O)O)c1ccccc1COc1cc(Cl)c(OC)c(Cl)c1. The molecule has 132 valence electrons. The van der Waals surface area contributed by atoms with Gasteiger partial charge in [0.05, 0.1) is 30.5 Å². The smallest absolute Gasteiger partial charge is 0.339 e. The highest BCUT2D eigenvalue weighted by Crippen LogP contribution is 2.37. The van der Waals surface area contributed by atoms with Crippen molar-refractivity contribution in [1.82, 2.24) is 0 Å². The summed E-state index contributed by atoms with van der Waals surface area (Å²) >= 11 is 12.2. The van der Waals surface area contributed by atoms with E-state index < -0.39 is 5.97 Å². The number of hydrogen-bond donors (Lipinski definition) is 1. The van der Waals surface area contributed by atoms with Crippen molar-refractivity contribution in [2.75, 3.05) is 14.2 Å². The zero-order valence-electron chi connectivity index (χ0n) is 13.6. The van der Waals surface area contributed by atoms with Crippen molar-refractivity contribution in [1.29, 1.82) is 0 Å². The Morgan fingerprint density at radius 3 is 2.36 bits per heavy atom. The molecule has 0 amide bonds. The second-order valence-electron chi connectivity index (χ2n) is 4.94. The van der Waals surface area contributed by atoms with Crippen LogP contribution < -0.4 is 9.47 Å². The van der Waals surface area contributed by atoms with E-state index in [1.807, 2.05) is 0 Å². The molecule has 1 N–H and O–H groups in total. The zero-order chi connectivity index (χ0) is 18.4. The molecule has 0 atom stereocenters. The first kappa shape index (κ1) is 19.0. The van der Waals surface area contributed by atoms with Crippen molar-refractivity contribution >= 4 is 34.7 Å². The summed E-state index contributed by atoms with van der Waals surface area (Å²) < 4.78 is 15.7. The lowest BCUT2D eigenvalue weighted by Gasteiger charge is -2.13. The van der Waals surface area contributed by atoms with Crippen molar-refractivity contribution in [3.8, 4) is 11.5 Å². The monoisotopic (exact) mass is 382 g/mol. The van der Waals surface area contributed by atoms with E-state index in [1.54, 1.807) is 36.4 Å². The molecular weight excluding hydrogens is 367 g/mol. The van der Waals surface area contributed by atoms with Crippen LogP contribution in [-0.2, 0) is 16.1 Å². The Morgan fingerprint density at radius 1 is 1.16 bits per heavy atom. The fraction of sp³-hybridized carbons (Fsp3) is 0.167. The lowest BCUT2D eigenvalue weighted by atomic mass is 10.0. The average Bonchev–Trinajstić information content (AvgIpc) is 2.58. The molecule has 2 aromatic rings. The van der Waals surface area contributed by atoms with Crippen LogP contribution in [0.25, 0.3) is 5.57 Å². The van der Waals surface area contributed by atoms with Gasteiger partial charge in [0.2, 0.25) is 0 Å². The van der Waals surface area contributed by atoms with E-state index in [0.29, 0.717) is 32.7 Å². The molecule has 0 aliphatic rings. The topological polar surface area (TPSA) is 65.0 Å². The van der Waals surface area contributed by atoms with Gasteiger partial charge in [-0.25, -0.2) is 4.79 Å². The van der Waals surface area contributed by atoms with Gasteiger partial charge >= 0.3 is 5.97 Å². The molecule has 0 aromatic heterocycles. The lowest BCUT2D eigenvalue weighted by molar-refractivity contribution is -0.130. The van der Waals surface area contributed by atoms with Gasteiger partial charge in [-0.05, 0) is 11.1 Å². The summed E-state index contributed by atoms with van der Waals surface area (Å²) in [5.74, 6) is -0.282. The van der Waals surface area contributed by atoms with Gasteiger partial charge in [0, 0.05) is 12.1 Å². The van der Waals surface area contributed by atoms with Crippen LogP contribution in [0.5, 0.6) is 11.5 Å². The third-order valence-electron chi connectivity index (χ3n) is 3.34. The van der Waals surface area contributed by atoms with Crippen molar-refractivity contribution in [2.45, 2.75) is 6.61 Å². The van der Waals surface area contributed by atoms with Gasteiger partial charge in [-0.3, -0.25) is 0 Å². The number of carboxylic acid groups (broad SMARTS) is 1. The molecule has 0 aliphatic carbocycles. The second-order valence-corrected chi connectivity index (χ2v) is 5.75. The molecule has 25 heavy (non-hydrogen) atoms. The quantitative estimate of drug-likeness (QED) is 0.557. The Morgan fingerprint density at radius 2 is 1.80 bits per heavy atom. The van der Waals surface area contributed by atoms with Gasteiger partial charge in [-0.2, -0.15) is 0 Å². The Kier molecular flexibility index (Phi) is 6.56. The molecule has 0 saturated heterocycles. The number of carboxylic acids is 1. The summed E-state index contributed by atoms with van der Waals surface area (Å²) in [6.07, 6.45) is 1.18. The number of hydrogen-bond acceptors (Lipinski definition) is 4. The highest BCUT2D eigenvalue weighted by Gasteiger charge is 2.16. The van der Waals surface area contributed by atoms with Crippen LogP contribution in [0.4, 0.5) is 0 Å².